The molecule has 0 aliphatic rings. The molecule has 11 heavy (non-hydrogen) atoms. The quantitative estimate of drug-likeness (QED) is 0.572. The molecule has 0 N–H and O–H groups in total. The van der Waals surface area contributed by atoms with Crippen molar-refractivity contribution in [2.24, 2.45) is 0 Å². The summed E-state index contributed by atoms with van der Waals surface area (Å²) in [6.07, 6.45) is 3.78. The van der Waals surface area contributed by atoms with Crippen molar-refractivity contribution in [3.8, 4) is 0 Å². The lowest BCUT2D eigenvalue weighted by Gasteiger charge is -2.00. The second-order valence-electron chi connectivity index (χ2n) is 2.26. The van der Waals surface area contributed by atoms with Crippen molar-refractivity contribution in [3.63, 3.8) is 0 Å². The van der Waals surface area contributed by atoms with Gasteiger partial charge in [-0.2, -0.15) is 0 Å². The molecule has 0 aliphatic heterocycles. The maximum Gasteiger partial charge on any atom is 0.118 e. The Kier molecular flexibility index (Phi) is 5.75. The van der Waals surface area contributed by atoms with Crippen LogP contribution in [0.1, 0.15) is 20.3 Å². The minimum atomic E-state index is -0.195. The molecule has 2 heteroatoms. The van der Waals surface area contributed by atoms with E-state index in [1.54, 1.807) is 14.0 Å². The molecule has 0 saturated heterocycles. The second kappa shape index (κ2) is 6.10. The number of hydrogen-bond donors (Lipinski definition) is 0. The van der Waals surface area contributed by atoms with Crippen molar-refractivity contribution in [3.05, 3.63) is 23.6 Å². The molecular weight excluding hydrogens is 143 g/mol. The normalized spacial score (nSPS) is 13.8. The van der Waals surface area contributed by atoms with E-state index in [-0.39, 0.29) is 5.83 Å². The summed E-state index contributed by atoms with van der Waals surface area (Å²) in [7, 11) is 1.61. The van der Waals surface area contributed by atoms with Gasteiger partial charge in [0.05, 0.1) is 6.61 Å². The number of methoxy groups -OCH3 is 1. The molecule has 64 valence electrons. The molecule has 1 nitrogen and oxygen atoms in total. The topological polar surface area (TPSA) is 9.23 Å². The summed E-state index contributed by atoms with van der Waals surface area (Å²) in [6.45, 7) is 4.16. The van der Waals surface area contributed by atoms with Crippen LogP contribution < -0.4 is 0 Å². The zero-order valence-electron chi connectivity index (χ0n) is 7.36. The van der Waals surface area contributed by atoms with Gasteiger partial charge in [-0.05, 0) is 25.0 Å². The van der Waals surface area contributed by atoms with Gasteiger partial charge in [0, 0.05) is 7.11 Å². The molecule has 0 heterocycles. The summed E-state index contributed by atoms with van der Waals surface area (Å²) in [5.74, 6) is -0.195. The predicted octanol–water partition coefficient (Wildman–Crippen LogP) is 2.84. The minimum absolute atomic E-state index is 0.195. The van der Waals surface area contributed by atoms with E-state index >= 15 is 0 Å². The van der Waals surface area contributed by atoms with Crippen LogP contribution in [0.3, 0.4) is 0 Å². The molecule has 0 unspecified atom stereocenters. The standard InChI is InChI=1S/C9H15FO/c1-4-8(7-11-3)6-9(10)5-2/h5-6H,4,7H2,1-3H3/b8-6-,9-5+. The molecule has 0 fully saturated rings. The van der Waals surface area contributed by atoms with E-state index in [2.05, 4.69) is 0 Å². The van der Waals surface area contributed by atoms with Crippen LogP contribution in [0, 0.1) is 0 Å². The van der Waals surface area contributed by atoms with Gasteiger partial charge in [0.15, 0.2) is 0 Å². The van der Waals surface area contributed by atoms with Gasteiger partial charge in [-0.1, -0.05) is 13.0 Å². The summed E-state index contributed by atoms with van der Waals surface area (Å²) >= 11 is 0. The first-order valence-electron chi connectivity index (χ1n) is 3.74. The second-order valence-corrected chi connectivity index (χ2v) is 2.26. The Bertz CT molecular complexity index is 159. The van der Waals surface area contributed by atoms with Crippen LogP contribution in [-0.2, 0) is 4.74 Å². The average molecular weight is 158 g/mol. The fraction of sp³-hybridized carbons (Fsp3) is 0.556. The zero-order valence-corrected chi connectivity index (χ0v) is 7.36. The third kappa shape index (κ3) is 4.73. The number of ether oxygens (including phenoxy) is 1. The van der Waals surface area contributed by atoms with Crippen LogP contribution in [0.4, 0.5) is 4.39 Å². The molecular formula is C9H15FO. The summed E-state index contributed by atoms with van der Waals surface area (Å²) in [4.78, 5) is 0. The Morgan fingerprint density at radius 2 is 2.18 bits per heavy atom. The molecule has 0 aromatic rings. The minimum Gasteiger partial charge on any atom is -0.380 e. The van der Waals surface area contributed by atoms with Crippen molar-refractivity contribution in [1.82, 2.24) is 0 Å². The van der Waals surface area contributed by atoms with Crippen molar-refractivity contribution in [1.29, 1.82) is 0 Å². The van der Waals surface area contributed by atoms with Gasteiger partial charge in [-0.15, -0.1) is 0 Å². The first-order chi connectivity index (χ1) is 5.24. The first kappa shape index (κ1) is 10.4. The van der Waals surface area contributed by atoms with E-state index in [4.69, 9.17) is 4.74 Å². The molecule has 0 atom stereocenters. The highest BCUT2D eigenvalue weighted by atomic mass is 19.1. The Balaban J connectivity index is 4.10. The van der Waals surface area contributed by atoms with E-state index in [9.17, 15) is 4.39 Å². The van der Waals surface area contributed by atoms with E-state index in [1.807, 2.05) is 6.92 Å². The third-order valence-corrected chi connectivity index (χ3v) is 1.40. The van der Waals surface area contributed by atoms with Crippen LogP contribution in [-0.4, -0.2) is 13.7 Å². The highest BCUT2D eigenvalue weighted by Crippen LogP contribution is 2.07. The summed E-state index contributed by atoms with van der Waals surface area (Å²) in [5, 5.41) is 0. The van der Waals surface area contributed by atoms with Gasteiger partial charge < -0.3 is 4.74 Å². The van der Waals surface area contributed by atoms with Gasteiger partial charge in [-0.3, -0.25) is 0 Å². The summed E-state index contributed by atoms with van der Waals surface area (Å²) < 4.78 is 17.5. The maximum absolute atomic E-state index is 12.6. The largest absolute Gasteiger partial charge is 0.380 e. The van der Waals surface area contributed by atoms with Gasteiger partial charge in [0.1, 0.15) is 5.83 Å². The van der Waals surface area contributed by atoms with Gasteiger partial charge in [0.25, 0.3) is 0 Å². The molecule has 0 saturated carbocycles. The molecule has 0 bridgehead atoms. The average Bonchev–Trinajstić information content (AvgIpc) is 2.03. The highest BCUT2D eigenvalue weighted by molar-refractivity contribution is 5.17. The smallest absolute Gasteiger partial charge is 0.118 e. The highest BCUT2D eigenvalue weighted by Gasteiger charge is 1.94. The fourth-order valence-corrected chi connectivity index (χ4v) is 0.710. The Morgan fingerprint density at radius 1 is 1.55 bits per heavy atom. The van der Waals surface area contributed by atoms with E-state index < -0.39 is 0 Å². The molecule has 0 spiro atoms. The van der Waals surface area contributed by atoms with Crippen molar-refractivity contribution >= 4 is 0 Å². The van der Waals surface area contributed by atoms with Crippen LogP contribution >= 0.6 is 0 Å². The van der Waals surface area contributed by atoms with Crippen molar-refractivity contribution in [2.45, 2.75) is 20.3 Å². The van der Waals surface area contributed by atoms with Crippen LogP contribution in [0.15, 0.2) is 23.6 Å². The lowest BCUT2D eigenvalue weighted by atomic mass is 10.2. The molecule has 0 aromatic heterocycles. The molecule has 0 rings (SSSR count). The zero-order chi connectivity index (χ0) is 8.69. The molecule has 0 aliphatic carbocycles. The molecule has 0 amide bonds. The number of rotatable bonds is 4. The number of hydrogen-bond acceptors (Lipinski definition) is 1. The van der Waals surface area contributed by atoms with E-state index in [0.29, 0.717) is 6.61 Å². The van der Waals surface area contributed by atoms with Gasteiger partial charge >= 0.3 is 0 Å². The number of halogens is 1. The monoisotopic (exact) mass is 158 g/mol. The van der Waals surface area contributed by atoms with Crippen molar-refractivity contribution in [2.75, 3.05) is 13.7 Å². The fourth-order valence-electron chi connectivity index (χ4n) is 0.710. The molecule has 0 aromatic carbocycles. The maximum atomic E-state index is 12.6. The summed E-state index contributed by atoms with van der Waals surface area (Å²) in [5.41, 5.74) is 0.975. The summed E-state index contributed by atoms with van der Waals surface area (Å²) in [6, 6.07) is 0. The molecule has 0 radical (unpaired) electrons. The SMILES string of the molecule is C/C=C(F)\C=C(\CC)COC. The Labute approximate surface area is 67.6 Å². The number of allylic oxidation sites excluding steroid dienone is 3. The first-order valence-corrected chi connectivity index (χ1v) is 3.74. The van der Waals surface area contributed by atoms with Gasteiger partial charge in [-0.25, -0.2) is 4.39 Å². The van der Waals surface area contributed by atoms with Crippen LogP contribution in [0.5, 0.6) is 0 Å². The van der Waals surface area contributed by atoms with E-state index in [0.717, 1.165) is 12.0 Å². The van der Waals surface area contributed by atoms with Crippen molar-refractivity contribution < 1.29 is 9.13 Å². The van der Waals surface area contributed by atoms with E-state index in [1.165, 1.54) is 12.2 Å². The van der Waals surface area contributed by atoms with Crippen LogP contribution in [0.25, 0.3) is 0 Å². The predicted molar refractivity (Wildman–Crippen MR) is 45.1 cm³/mol. The Morgan fingerprint density at radius 3 is 2.55 bits per heavy atom. The Hall–Kier alpha value is -0.630. The lowest BCUT2D eigenvalue weighted by molar-refractivity contribution is 0.223. The third-order valence-electron chi connectivity index (χ3n) is 1.40. The van der Waals surface area contributed by atoms with Gasteiger partial charge in [0.2, 0.25) is 0 Å². The lowest BCUT2D eigenvalue weighted by Crippen LogP contribution is -1.92. The van der Waals surface area contributed by atoms with Crippen LogP contribution in [0.2, 0.25) is 0 Å².